The van der Waals surface area contributed by atoms with Crippen LogP contribution in [0.25, 0.3) is 11.0 Å². The summed E-state index contributed by atoms with van der Waals surface area (Å²) in [4.78, 5) is 28.4. The number of fused-ring (bicyclic) bond motifs is 1. The van der Waals surface area contributed by atoms with Crippen LogP contribution in [0.2, 0.25) is 0 Å². The van der Waals surface area contributed by atoms with Crippen molar-refractivity contribution < 1.29 is 18.4 Å². The fourth-order valence-corrected chi connectivity index (χ4v) is 3.51. The van der Waals surface area contributed by atoms with Crippen LogP contribution >= 0.6 is 0 Å². The van der Waals surface area contributed by atoms with E-state index in [1.54, 1.807) is 43.3 Å². The second-order valence-electron chi connectivity index (χ2n) is 7.02. The molecule has 0 saturated heterocycles. The van der Waals surface area contributed by atoms with E-state index in [4.69, 9.17) is 5.73 Å². The third-order valence-corrected chi connectivity index (χ3v) is 4.85. The van der Waals surface area contributed by atoms with E-state index in [2.05, 4.69) is 15.6 Å². The number of urea groups is 1. The number of nitrogens with two attached hydrogens (primary N) is 1. The first-order valence-electron chi connectivity index (χ1n) is 9.43. The molecule has 2 atom stereocenters. The SMILES string of the molecule is Cc1ccccc1[C@@H](CC(=O)N[C@H](C)c1nc2ccccc2n1C(F)F)NC(N)=O. The van der Waals surface area contributed by atoms with Crippen LogP contribution in [0, 0.1) is 6.92 Å². The number of imidazole rings is 1. The fraction of sp³-hybridized carbons (Fsp3) is 0.286. The second-order valence-corrected chi connectivity index (χ2v) is 7.02. The highest BCUT2D eigenvalue weighted by atomic mass is 19.3. The van der Waals surface area contributed by atoms with Crippen LogP contribution in [0.15, 0.2) is 48.5 Å². The van der Waals surface area contributed by atoms with E-state index in [1.807, 2.05) is 19.1 Å². The molecule has 158 valence electrons. The van der Waals surface area contributed by atoms with Crippen LogP contribution in [-0.4, -0.2) is 21.5 Å². The molecule has 3 rings (SSSR count). The molecule has 30 heavy (non-hydrogen) atoms. The lowest BCUT2D eigenvalue weighted by Crippen LogP contribution is -2.37. The van der Waals surface area contributed by atoms with Gasteiger partial charge in [-0.25, -0.2) is 9.78 Å². The van der Waals surface area contributed by atoms with Gasteiger partial charge in [-0.1, -0.05) is 36.4 Å². The van der Waals surface area contributed by atoms with Crippen molar-refractivity contribution in [2.75, 3.05) is 0 Å². The lowest BCUT2D eigenvalue weighted by molar-refractivity contribution is -0.122. The summed E-state index contributed by atoms with van der Waals surface area (Å²) in [6.45, 7) is 0.640. The van der Waals surface area contributed by atoms with Gasteiger partial charge in [-0.05, 0) is 37.1 Å². The van der Waals surface area contributed by atoms with Gasteiger partial charge in [0.2, 0.25) is 5.91 Å². The predicted molar refractivity (Wildman–Crippen MR) is 109 cm³/mol. The van der Waals surface area contributed by atoms with Gasteiger partial charge in [-0.2, -0.15) is 8.78 Å². The first kappa shape index (κ1) is 21.2. The van der Waals surface area contributed by atoms with E-state index < -0.39 is 30.6 Å². The second kappa shape index (κ2) is 8.89. The van der Waals surface area contributed by atoms with Crippen molar-refractivity contribution in [2.24, 2.45) is 5.73 Å². The van der Waals surface area contributed by atoms with Crippen LogP contribution in [-0.2, 0) is 4.79 Å². The number of amides is 3. The van der Waals surface area contributed by atoms with E-state index >= 15 is 0 Å². The number of primary amides is 1. The summed E-state index contributed by atoms with van der Waals surface area (Å²) in [5, 5.41) is 5.27. The Kier molecular flexibility index (Phi) is 6.29. The molecule has 0 saturated carbocycles. The summed E-state index contributed by atoms with van der Waals surface area (Å²) >= 11 is 0. The highest BCUT2D eigenvalue weighted by Crippen LogP contribution is 2.27. The van der Waals surface area contributed by atoms with E-state index in [1.165, 1.54) is 0 Å². The van der Waals surface area contributed by atoms with Gasteiger partial charge in [0.05, 0.1) is 29.5 Å². The molecule has 3 aromatic rings. The number of aromatic nitrogens is 2. The van der Waals surface area contributed by atoms with Crippen LogP contribution in [0.1, 0.15) is 48.9 Å². The minimum absolute atomic E-state index is 0.0508. The molecule has 0 radical (unpaired) electrons. The summed E-state index contributed by atoms with van der Waals surface area (Å²) in [5.41, 5.74) is 7.61. The third-order valence-electron chi connectivity index (χ3n) is 4.85. The number of hydrogen-bond acceptors (Lipinski definition) is 3. The molecule has 9 heteroatoms. The van der Waals surface area contributed by atoms with Gasteiger partial charge >= 0.3 is 12.6 Å². The molecular formula is C21H23F2N5O2. The summed E-state index contributed by atoms with van der Waals surface area (Å²) in [6.07, 6.45) is -0.104. The molecule has 1 heterocycles. The Bertz CT molecular complexity index is 1070. The zero-order valence-corrected chi connectivity index (χ0v) is 16.6. The van der Waals surface area contributed by atoms with Gasteiger partial charge in [-0.15, -0.1) is 0 Å². The van der Waals surface area contributed by atoms with Crippen LogP contribution in [0.5, 0.6) is 0 Å². The van der Waals surface area contributed by atoms with Gasteiger partial charge in [0.1, 0.15) is 5.82 Å². The molecule has 0 spiro atoms. The van der Waals surface area contributed by atoms with Crippen molar-refractivity contribution in [3.05, 3.63) is 65.5 Å². The smallest absolute Gasteiger partial charge is 0.320 e. The average Bonchev–Trinajstić information content (AvgIpc) is 3.07. The number of halogens is 2. The summed E-state index contributed by atoms with van der Waals surface area (Å²) in [6, 6.07) is 11.7. The van der Waals surface area contributed by atoms with Crippen molar-refractivity contribution in [1.82, 2.24) is 20.2 Å². The molecule has 2 aromatic carbocycles. The Morgan fingerprint density at radius 3 is 2.43 bits per heavy atom. The quantitative estimate of drug-likeness (QED) is 0.548. The number of nitrogens with zero attached hydrogens (tertiary/aromatic N) is 2. The van der Waals surface area contributed by atoms with Crippen molar-refractivity contribution in [3.63, 3.8) is 0 Å². The Labute approximate surface area is 172 Å². The number of nitrogens with one attached hydrogen (secondary N) is 2. The summed E-state index contributed by atoms with van der Waals surface area (Å²) < 4.78 is 28.1. The summed E-state index contributed by atoms with van der Waals surface area (Å²) in [5.74, 6) is -0.382. The molecule has 1 aromatic heterocycles. The Hall–Kier alpha value is -3.49. The average molecular weight is 415 g/mol. The minimum Gasteiger partial charge on any atom is -0.352 e. The molecule has 7 nitrogen and oxygen atoms in total. The van der Waals surface area contributed by atoms with Crippen molar-refractivity contribution in [1.29, 1.82) is 0 Å². The molecule has 0 aliphatic rings. The standard InChI is InChI=1S/C21H23F2N5O2/c1-12-7-3-4-8-14(12)16(27-21(24)30)11-18(29)25-13(2)19-26-15-9-5-6-10-17(15)28(19)20(22)23/h3-10,13,16,20H,11H2,1-2H3,(H,25,29)(H3,24,27,30)/t13-,16-/m1/s1. The number of para-hydroxylation sites is 2. The van der Waals surface area contributed by atoms with Crippen LogP contribution in [0.4, 0.5) is 13.6 Å². The highest BCUT2D eigenvalue weighted by Gasteiger charge is 2.25. The predicted octanol–water partition coefficient (Wildman–Crippen LogP) is 3.72. The molecule has 3 amide bonds. The number of carbonyl (C=O) groups excluding carboxylic acids is 2. The maximum atomic E-state index is 13.7. The molecule has 4 N–H and O–H groups in total. The van der Waals surface area contributed by atoms with Gasteiger partial charge in [-0.3, -0.25) is 9.36 Å². The number of hydrogen-bond donors (Lipinski definition) is 3. The lowest BCUT2D eigenvalue weighted by atomic mass is 9.98. The number of carbonyl (C=O) groups is 2. The zero-order chi connectivity index (χ0) is 21.8. The van der Waals surface area contributed by atoms with E-state index in [0.717, 1.165) is 15.7 Å². The van der Waals surface area contributed by atoms with E-state index in [0.29, 0.717) is 5.52 Å². The zero-order valence-electron chi connectivity index (χ0n) is 16.6. The van der Waals surface area contributed by atoms with Crippen molar-refractivity contribution in [2.45, 2.75) is 38.9 Å². The number of benzene rings is 2. The Morgan fingerprint density at radius 2 is 1.77 bits per heavy atom. The minimum atomic E-state index is -2.80. The summed E-state index contributed by atoms with van der Waals surface area (Å²) in [7, 11) is 0. The number of rotatable bonds is 7. The molecular weight excluding hydrogens is 392 g/mol. The Morgan fingerprint density at radius 1 is 1.10 bits per heavy atom. The van der Waals surface area contributed by atoms with Gasteiger partial charge in [0.25, 0.3) is 0 Å². The number of alkyl halides is 2. The van der Waals surface area contributed by atoms with Gasteiger partial charge in [0, 0.05) is 0 Å². The van der Waals surface area contributed by atoms with E-state index in [-0.39, 0.29) is 17.8 Å². The van der Waals surface area contributed by atoms with Crippen LogP contribution < -0.4 is 16.4 Å². The molecule has 0 bridgehead atoms. The lowest BCUT2D eigenvalue weighted by Gasteiger charge is -2.21. The fourth-order valence-electron chi connectivity index (χ4n) is 3.51. The molecule has 0 aliphatic heterocycles. The monoisotopic (exact) mass is 415 g/mol. The maximum absolute atomic E-state index is 13.7. The van der Waals surface area contributed by atoms with Crippen molar-refractivity contribution >= 4 is 23.0 Å². The van der Waals surface area contributed by atoms with Gasteiger partial charge < -0.3 is 16.4 Å². The molecule has 0 aliphatic carbocycles. The van der Waals surface area contributed by atoms with Crippen molar-refractivity contribution in [3.8, 4) is 0 Å². The highest BCUT2D eigenvalue weighted by molar-refractivity contribution is 5.80. The Balaban J connectivity index is 1.81. The van der Waals surface area contributed by atoms with E-state index in [9.17, 15) is 18.4 Å². The normalized spacial score (nSPS) is 13.2. The molecule has 0 unspecified atom stereocenters. The van der Waals surface area contributed by atoms with Gasteiger partial charge in [0.15, 0.2) is 0 Å². The van der Waals surface area contributed by atoms with Crippen LogP contribution in [0.3, 0.4) is 0 Å². The first-order valence-corrected chi connectivity index (χ1v) is 9.43. The topological polar surface area (TPSA) is 102 Å². The third kappa shape index (κ3) is 4.56. The molecule has 0 fully saturated rings. The maximum Gasteiger partial charge on any atom is 0.320 e. The largest absolute Gasteiger partial charge is 0.352 e. The first-order chi connectivity index (χ1) is 14.3. The number of aryl methyl sites for hydroxylation is 1.